The normalized spacial score (nSPS) is 11.2. The number of nitrogens with zero attached hydrogens (tertiary/aromatic N) is 4. The molecule has 1 heterocycles. The molecular formula is C58H36N4. The van der Waals surface area contributed by atoms with Gasteiger partial charge in [-0.25, -0.2) is 15.0 Å². The number of fused-ring (bicyclic) bond motifs is 4. The van der Waals surface area contributed by atoms with Crippen LogP contribution in [-0.4, -0.2) is 15.0 Å². The number of rotatable bonds is 7. The summed E-state index contributed by atoms with van der Waals surface area (Å²) in [4.78, 5) is 15.0. The maximum atomic E-state index is 9.30. The fourth-order valence-corrected chi connectivity index (χ4v) is 8.73. The summed E-state index contributed by atoms with van der Waals surface area (Å²) in [6.07, 6.45) is 0. The van der Waals surface area contributed by atoms with E-state index in [2.05, 4.69) is 158 Å². The van der Waals surface area contributed by atoms with Crippen LogP contribution in [0.5, 0.6) is 0 Å². The van der Waals surface area contributed by atoms with E-state index >= 15 is 0 Å². The fourth-order valence-electron chi connectivity index (χ4n) is 8.73. The first-order valence-corrected chi connectivity index (χ1v) is 20.7. The second-order valence-corrected chi connectivity index (χ2v) is 15.5. The zero-order valence-corrected chi connectivity index (χ0v) is 33.6. The molecule has 0 spiro atoms. The van der Waals surface area contributed by atoms with Crippen molar-refractivity contribution in [2.75, 3.05) is 0 Å². The Kier molecular flexibility index (Phi) is 9.19. The van der Waals surface area contributed by atoms with E-state index in [0.29, 0.717) is 23.0 Å². The molecule has 1 aromatic heterocycles. The van der Waals surface area contributed by atoms with E-state index in [1.807, 2.05) is 66.7 Å². The van der Waals surface area contributed by atoms with Gasteiger partial charge in [-0.15, -0.1) is 0 Å². The first-order chi connectivity index (χ1) is 30.7. The molecule has 10 aromatic carbocycles. The molecule has 0 fully saturated rings. The Labute approximate surface area is 359 Å². The topological polar surface area (TPSA) is 62.5 Å². The van der Waals surface area contributed by atoms with Gasteiger partial charge in [0.05, 0.1) is 11.6 Å². The number of benzene rings is 10. The van der Waals surface area contributed by atoms with Crippen LogP contribution in [0.1, 0.15) is 5.56 Å². The number of hydrogen-bond donors (Lipinski definition) is 0. The molecule has 0 atom stereocenters. The summed E-state index contributed by atoms with van der Waals surface area (Å²) in [5, 5.41) is 16.8. The first-order valence-electron chi connectivity index (χ1n) is 20.7. The maximum absolute atomic E-state index is 9.30. The van der Waals surface area contributed by atoms with Crippen LogP contribution in [0.25, 0.3) is 111 Å². The van der Waals surface area contributed by atoms with Crippen molar-refractivity contribution in [3.05, 3.63) is 224 Å². The molecule has 11 aromatic rings. The summed E-state index contributed by atoms with van der Waals surface area (Å²) in [5.41, 5.74) is 12.5. The summed E-state index contributed by atoms with van der Waals surface area (Å²) >= 11 is 0. The lowest BCUT2D eigenvalue weighted by molar-refractivity contribution is 1.07. The molecule has 0 radical (unpaired) electrons. The van der Waals surface area contributed by atoms with Gasteiger partial charge in [0.15, 0.2) is 17.5 Å². The third kappa shape index (κ3) is 6.65. The highest BCUT2D eigenvalue weighted by molar-refractivity contribution is 6.27. The van der Waals surface area contributed by atoms with E-state index in [1.165, 1.54) is 54.6 Å². The molecule has 4 heteroatoms. The second kappa shape index (κ2) is 15.6. The third-order valence-corrected chi connectivity index (χ3v) is 11.8. The molecule has 11 rings (SSSR count). The zero-order valence-electron chi connectivity index (χ0n) is 33.6. The highest BCUT2D eigenvalue weighted by atomic mass is 15.0. The van der Waals surface area contributed by atoms with Crippen LogP contribution < -0.4 is 0 Å². The van der Waals surface area contributed by atoms with Crippen LogP contribution in [0.3, 0.4) is 0 Å². The van der Waals surface area contributed by atoms with Crippen molar-refractivity contribution < 1.29 is 0 Å². The fraction of sp³-hybridized carbons (Fsp3) is 0. The van der Waals surface area contributed by atoms with E-state index in [-0.39, 0.29) is 0 Å². The monoisotopic (exact) mass is 788 g/mol. The lowest BCUT2D eigenvalue weighted by Gasteiger charge is -2.19. The Morgan fingerprint density at radius 3 is 1.37 bits per heavy atom. The van der Waals surface area contributed by atoms with Crippen LogP contribution >= 0.6 is 0 Å². The standard InChI is InChI=1S/C58H36N4/c59-37-38-22-24-41(25-23-38)47-17-11-18-48(36-47)58-61-56(45-15-5-2-6-16-45)60-57(62-58)46-32-28-40(29-33-46)39-26-30-44(31-27-39)54-51-21-10-9-20-50(51)53(43-13-3-1-4-14-43)52-35-34-42-12-7-8-19-49(42)55(52)54/h1-36H. The average molecular weight is 789 g/mol. The molecule has 0 aliphatic carbocycles. The molecule has 0 saturated carbocycles. The van der Waals surface area contributed by atoms with Gasteiger partial charge in [0.1, 0.15) is 0 Å². The molecule has 0 aliphatic heterocycles. The van der Waals surface area contributed by atoms with E-state index in [1.54, 1.807) is 0 Å². The molecule has 0 unspecified atom stereocenters. The molecule has 62 heavy (non-hydrogen) atoms. The Balaban J connectivity index is 0.978. The van der Waals surface area contributed by atoms with E-state index in [0.717, 1.165) is 38.9 Å². The molecule has 0 bridgehead atoms. The van der Waals surface area contributed by atoms with Gasteiger partial charge >= 0.3 is 0 Å². The minimum absolute atomic E-state index is 0.591. The van der Waals surface area contributed by atoms with Crippen LogP contribution in [0, 0.1) is 11.3 Å². The summed E-state index contributed by atoms with van der Waals surface area (Å²) in [6.45, 7) is 0. The Bertz CT molecular complexity index is 3480. The molecule has 288 valence electrons. The highest BCUT2D eigenvalue weighted by Crippen LogP contribution is 2.46. The minimum Gasteiger partial charge on any atom is -0.208 e. The first kappa shape index (κ1) is 36.6. The SMILES string of the molecule is N#Cc1ccc(-c2cccc(-c3nc(-c4ccccc4)nc(-c4ccc(-c5ccc(-c6c7ccccc7c(-c7ccccc7)c7ccc8ccccc8c67)cc5)cc4)n3)c2)cc1. The summed E-state index contributed by atoms with van der Waals surface area (Å²) in [5.74, 6) is 1.80. The number of nitriles is 1. The quantitative estimate of drug-likeness (QED) is 0.119. The third-order valence-electron chi connectivity index (χ3n) is 11.8. The van der Waals surface area contributed by atoms with Gasteiger partial charge in [-0.3, -0.25) is 0 Å². The average Bonchev–Trinajstić information content (AvgIpc) is 3.36. The lowest BCUT2D eigenvalue weighted by atomic mass is 9.84. The van der Waals surface area contributed by atoms with Crippen LogP contribution in [0.15, 0.2) is 218 Å². The predicted octanol–water partition coefficient (Wildman–Crippen LogP) is 14.9. The minimum atomic E-state index is 0.591. The van der Waals surface area contributed by atoms with Gasteiger partial charge in [-0.1, -0.05) is 200 Å². The molecule has 0 N–H and O–H groups in total. The van der Waals surface area contributed by atoms with E-state index < -0.39 is 0 Å². The highest BCUT2D eigenvalue weighted by Gasteiger charge is 2.19. The summed E-state index contributed by atoms with van der Waals surface area (Å²) in [6, 6.07) is 78.4. The zero-order chi connectivity index (χ0) is 41.4. The maximum Gasteiger partial charge on any atom is 0.164 e. The Morgan fingerprint density at radius 2 is 0.726 bits per heavy atom. The van der Waals surface area contributed by atoms with Gasteiger partial charge in [0.25, 0.3) is 0 Å². The van der Waals surface area contributed by atoms with Crippen molar-refractivity contribution in [2.45, 2.75) is 0 Å². The smallest absolute Gasteiger partial charge is 0.164 e. The van der Waals surface area contributed by atoms with Crippen molar-refractivity contribution in [2.24, 2.45) is 0 Å². The van der Waals surface area contributed by atoms with Gasteiger partial charge in [0, 0.05) is 16.7 Å². The van der Waals surface area contributed by atoms with Crippen molar-refractivity contribution >= 4 is 32.3 Å². The van der Waals surface area contributed by atoms with Crippen molar-refractivity contribution in [1.29, 1.82) is 5.26 Å². The summed E-state index contributed by atoms with van der Waals surface area (Å²) < 4.78 is 0. The van der Waals surface area contributed by atoms with Crippen molar-refractivity contribution in [1.82, 2.24) is 15.0 Å². The van der Waals surface area contributed by atoms with Gasteiger partial charge in [0.2, 0.25) is 0 Å². The van der Waals surface area contributed by atoms with Crippen molar-refractivity contribution in [3.8, 4) is 84.7 Å². The largest absolute Gasteiger partial charge is 0.208 e. The van der Waals surface area contributed by atoms with Crippen molar-refractivity contribution in [3.63, 3.8) is 0 Å². The van der Waals surface area contributed by atoms with E-state index in [4.69, 9.17) is 15.0 Å². The predicted molar refractivity (Wildman–Crippen MR) is 255 cm³/mol. The van der Waals surface area contributed by atoms with E-state index in [9.17, 15) is 5.26 Å². The Morgan fingerprint density at radius 1 is 0.290 bits per heavy atom. The van der Waals surface area contributed by atoms with Gasteiger partial charge in [-0.05, 0) is 95.0 Å². The van der Waals surface area contributed by atoms with Crippen LogP contribution in [-0.2, 0) is 0 Å². The van der Waals surface area contributed by atoms with Gasteiger partial charge in [-0.2, -0.15) is 5.26 Å². The number of aromatic nitrogens is 3. The van der Waals surface area contributed by atoms with Gasteiger partial charge < -0.3 is 0 Å². The molecule has 0 aliphatic rings. The van der Waals surface area contributed by atoms with Crippen LogP contribution in [0.4, 0.5) is 0 Å². The molecule has 4 nitrogen and oxygen atoms in total. The van der Waals surface area contributed by atoms with Crippen LogP contribution in [0.2, 0.25) is 0 Å². The lowest BCUT2D eigenvalue weighted by Crippen LogP contribution is -2.00. The molecule has 0 amide bonds. The summed E-state index contributed by atoms with van der Waals surface area (Å²) in [7, 11) is 0. The Hall–Kier alpha value is -8.52. The molecule has 0 saturated heterocycles. The molecular weight excluding hydrogens is 753 g/mol. The second-order valence-electron chi connectivity index (χ2n) is 15.5. The number of hydrogen-bond acceptors (Lipinski definition) is 4.